The Morgan fingerprint density at radius 2 is 1.62 bits per heavy atom. The van der Waals surface area contributed by atoms with E-state index in [-0.39, 0.29) is 5.97 Å². The van der Waals surface area contributed by atoms with Gasteiger partial charge in [-0.15, -0.1) is 0 Å². The van der Waals surface area contributed by atoms with Crippen LogP contribution in [-0.2, 0) is 9.53 Å². The van der Waals surface area contributed by atoms with Crippen LogP contribution in [0.2, 0.25) is 0 Å². The van der Waals surface area contributed by atoms with E-state index < -0.39 is 5.60 Å². The highest BCUT2D eigenvalue weighted by atomic mass is 16.6. The van der Waals surface area contributed by atoms with Crippen LogP contribution in [0.1, 0.15) is 20.8 Å². The van der Waals surface area contributed by atoms with Gasteiger partial charge in [-0.2, -0.15) is 0 Å². The second-order valence-electron chi connectivity index (χ2n) is 4.08. The summed E-state index contributed by atoms with van der Waals surface area (Å²) in [4.78, 5) is 12.5. The molecule has 3 nitrogen and oxygen atoms in total. The third-order valence-corrected chi connectivity index (χ3v) is 0.573. The SMILES string of the molecule is C=CC(=O)OC(C)(C)C.CN(C)C. The molecule has 0 aliphatic carbocycles. The van der Waals surface area contributed by atoms with E-state index >= 15 is 0 Å². The number of carbonyl (C=O) groups is 1. The Labute approximate surface area is 81.4 Å². The van der Waals surface area contributed by atoms with Gasteiger partial charge in [0.05, 0.1) is 0 Å². The number of esters is 1. The zero-order valence-corrected chi connectivity index (χ0v) is 9.55. The van der Waals surface area contributed by atoms with Crippen molar-refractivity contribution in [3.05, 3.63) is 12.7 Å². The van der Waals surface area contributed by atoms with Gasteiger partial charge in [0.2, 0.25) is 0 Å². The molecule has 0 atom stereocenters. The van der Waals surface area contributed by atoms with Gasteiger partial charge in [0.25, 0.3) is 0 Å². The molecule has 0 aliphatic heterocycles. The molecule has 78 valence electrons. The van der Waals surface area contributed by atoms with E-state index in [9.17, 15) is 4.79 Å². The molecule has 0 N–H and O–H groups in total. The minimum Gasteiger partial charge on any atom is -0.457 e. The van der Waals surface area contributed by atoms with Crippen LogP contribution in [0.5, 0.6) is 0 Å². The van der Waals surface area contributed by atoms with Gasteiger partial charge in [0.15, 0.2) is 0 Å². The number of ether oxygens (including phenoxy) is 1. The molecule has 0 saturated heterocycles. The average molecular weight is 187 g/mol. The van der Waals surface area contributed by atoms with Crippen molar-refractivity contribution in [2.45, 2.75) is 26.4 Å². The van der Waals surface area contributed by atoms with Gasteiger partial charge in [-0.25, -0.2) is 4.79 Å². The summed E-state index contributed by atoms with van der Waals surface area (Å²) in [6.45, 7) is 8.71. The first-order valence-corrected chi connectivity index (χ1v) is 4.15. The summed E-state index contributed by atoms with van der Waals surface area (Å²) in [6, 6.07) is 0. The normalized spacial score (nSPS) is 10.1. The molecule has 3 heteroatoms. The van der Waals surface area contributed by atoms with E-state index in [2.05, 4.69) is 6.58 Å². The lowest BCUT2D eigenvalue weighted by Gasteiger charge is -2.17. The molecule has 13 heavy (non-hydrogen) atoms. The number of rotatable bonds is 1. The molecule has 0 fully saturated rings. The van der Waals surface area contributed by atoms with Crippen molar-refractivity contribution in [1.29, 1.82) is 0 Å². The lowest BCUT2D eigenvalue weighted by atomic mass is 10.2. The van der Waals surface area contributed by atoms with E-state index in [1.165, 1.54) is 0 Å². The molecule has 0 heterocycles. The second kappa shape index (κ2) is 6.66. The predicted octanol–water partition coefficient (Wildman–Crippen LogP) is 1.69. The third-order valence-electron chi connectivity index (χ3n) is 0.573. The lowest BCUT2D eigenvalue weighted by Crippen LogP contribution is -2.22. The van der Waals surface area contributed by atoms with Gasteiger partial charge >= 0.3 is 5.97 Å². The highest BCUT2D eigenvalue weighted by Crippen LogP contribution is 2.06. The maximum absolute atomic E-state index is 10.5. The first kappa shape index (κ1) is 14.7. The summed E-state index contributed by atoms with van der Waals surface area (Å²) in [5.41, 5.74) is -0.398. The van der Waals surface area contributed by atoms with Gasteiger partial charge in [0.1, 0.15) is 5.60 Å². The summed E-state index contributed by atoms with van der Waals surface area (Å²) >= 11 is 0. The summed E-state index contributed by atoms with van der Waals surface area (Å²) < 4.78 is 4.83. The van der Waals surface area contributed by atoms with Crippen LogP contribution in [0.15, 0.2) is 12.7 Å². The lowest BCUT2D eigenvalue weighted by molar-refractivity contribution is -0.148. The van der Waals surface area contributed by atoms with E-state index in [4.69, 9.17) is 4.74 Å². The van der Waals surface area contributed by atoms with Crippen LogP contribution in [0.25, 0.3) is 0 Å². The second-order valence-corrected chi connectivity index (χ2v) is 4.08. The topological polar surface area (TPSA) is 29.5 Å². The van der Waals surface area contributed by atoms with Crippen molar-refractivity contribution in [3.63, 3.8) is 0 Å². The van der Waals surface area contributed by atoms with Gasteiger partial charge in [-0.3, -0.25) is 0 Å². The van der Waals surface area contributed by atoms with E-state index in [1.807, 2.05) is 46.8 Å². The van der Waals surface area contributed by atoms with Crippen LogP contribution in [0.4, 0.5) is 0 Å². The Morgan fingerprint density at radius 1 is 1.31 bits per heavy atom. The van der Waals surface area contributed by atoms with E-state index in [1.54, 1.807) is 0 Å². The van der Waals surface area contributed by atoms with Gasteiger partial charge < -0.3 is 9.64 Å². The van der Waals surface area contributed by atoms with Crippen molar-refractivity contribution >= 4 is 5.97 Å². The molecular weight excluding hydrogens is 166 g/mol. The molecule has 0 amide bonds. The maximum Gasteiger partial charge on any atom is 0.330 e. The molecule has 0 aromatic heterocycles. The van der Waals surface area contributed by atoms with Crippen molar-refractivity contribution in [2.24, 2.45) is 0 Å². The predicted molar refractivity (Wildman–Crippen MR) is 55.7 cm³/mol. The Kier molecular flexibility index (Phi) is 7.52. The molecule has 0 unspecified atom stereocenters. The van der Waals surface area contributed by atoms with Gasteiger partial charge in [-0.1, -0.05) is 6.58 Å². The molecule has 0 aromatic carbocycles. The maximum atomic E-state index is 10.5. The Balaban J connectivity index is 0. The van der Waals surface area contributed by atoms with Crippen LogP contribution < -0.4 is 0 Å². The molecule has 0 saturated carbocycles. The Morgan fingerprint density at radius 3 is 1.69 bits per heavy atom. The number of hydrogen-bond donors (Lipinski definition) is 0. The fourth-order valence-electron chi connectivity index (χ4n) is 0.343. The summed E-state index contributed by atoms with van der Waals surface area (Å²) in [7, 11) is 6.00. The average Bonchev–Trinajstić information content (AvgIpc) is 1.82. The van der Waals surface area contributed by atoms with Gasteiger partial charge in [-0.05, 0) is 41.9 Å². The first-order valence-electron chi connectivity index (χ1n) is 4.15. The van der Waals surface area contributed by atoms with Gasteiger partial charge in [0, 0.05) is 6.08 Å². The van der Waals surface area contributed by atoms with Crippen LogP contribution in [0, 0.1) is 0 Å². The molecule has 0 bridgehead atoms. The quantitative estimate of drug-likeness (QED) is 0.462. The van der Waals surface area contributed by atoms with E-state index in [0.29, 0.717) is 0 Å². The zero-order chi connectivity index (χ0) is 11.1. The van der Waals surface area contributed by atoms with Crippen molar-refractivity contribution in [1.82, 2.24) is 4.90 Å². The van der Waals surface area contributed by atoms with Crippen molar-refractivity contribution in [3.8, 4) is 0 Å². The first-order chi connectivity index (χ1) is 5.69. The minimum absolute atomic E-state index is 0.373. The molecular formula is C10H21NO2. The third kappa shape index (κ3) is 24.7. The largest absolute Gasteiger partial charge is 0.457 e. The van der Waals surface area contributed by atoms with E-state index in [0.717, 1.165) is 6.08 Å². The van der Waals surface area contributed by atoms with Crippen LogP contribution in [-0.4, -0.2) is 37.6 Å². The molecule has 0 radical (unpaired) electrons. The Bertz CT molecular complexity index is 154. The van der Waals surface area contributed by atoms with Crippen LogP contribution >= 0.6 is 0 Å². The molecule has 0 aliphatic rings. The monoisotopic (exact) mass is 187 g/mol. The zero-order valence-electron chi connectivity index (χ0n) is 9.55. The van der Waals surface area contributed by atoms with Crippen molar-refractivity contribution < 1.29 is 9.53 Å². The smallest absolute Gasteiger partial charge is 0.330 e. The highest BCUT2D eigenvalue weighted by molar-refractivity contribution is 5.81. The summed E-state index contributed by atoms with van der Waals surface area (Å²) in [6.07, 6.45) is 1.16. The molecule has 0 aromatic rings. The number of nitrogens with zero attached hydrogens (tertiary/aromatic N) is 1. The Hall–Kier alpha value is -0.830. The highest BCUT2D eigenvalue weighted by Gasteiger charge is 2.12. The number of hydrogen-bond acceptors (Lipinski definition) is 3. The fraction of sp³-hybridized carbons (Fsp3) is 0.700. The fourth-order valence-corrected chi connectivity index (χ4v) is 0.343. The number of carbonyl (C=O) groups excluding carboxylic acids is 1. The summed E-state index contributed by atoms with van der Waals surface area (Å²) in [5, 5.41) is 0. The minimum atomic E-state index is -0.398. The summed E-state index contributed by atoms with van der Waals surface area (Å²) in [5.74, 6) is -0.373. The molecule has 0 rings (SSSR count). The van der Waals surface area contributed by atoms with Crippen LogP contribution in [0.3, 0.4) is 0 Å². The molecule has 0 spiro atoms. The standard InChI is InChI=1S/C7H12O2.C3H9N/c1-5-6(8)9-7(2,3)4;1-4(2)3/h5H,1H2,2-4H3;1-3H3. The van der Waals surface area contributed by atoms with Crippen molar-refractivity contribution in [2.75, 3.05) is 21.1 Å².